The van der Waals surface area contributed by atoms with Crippen molar-refractivity contribution in [3.8, 4) is 11.4 Å². The Balaban J connectivity index is 1.64. The number of rotatable bonds is 3. The van der Waals surface area contributed by atoms with Crippen LogP contribution in [0.1, 0.15) is 17.7 Å². The Labute approximate surface area is 161 Å². The molecule has 5 N–H and O–H groups in total. The van der Waals surface area contributed by atoms with Crippen molar-refractivity contribution >= 4 is 33.1 Å². The molecular weight excluding hydrogens is 393 g/mol. The highest BCUT2D eigenvalue weighted by Gasteiger charge is 2.56. The van der Waals surface area contributed by atoms with Gasteiger partial charge in [-0.25, -0.2) is 20.8 Å². The predicted octanol–water partition coefficient (Wildman–Crippen LogP) is 2.81. The lowest BCUT2D eigenvalue weighted by Crippen LogP contribution is -2.46. The number of anilines is 2. The van der Waals surface area contributed by atoms with E-state index in [-0.39, 0.29) is 12.8 Å². The number of alkyl halides is 3. The Hall–Kier alpha value is -2.50. The van der Waals surface area contributed by atoms with Gasteiger partial charge in [0.1, 0.15) is 10.4 Å². The number of nitrogens with two attached hydrogens (primary N) is 2. The number of hydrogen-bond donors (Lipinski definition) is 3. The number of hydrogen-bond acceptors (Lipinski definition) is 8. The Morgan fingerprint density at radius 3 is 2.57 bits per heavy atom. The number of thiophene rings is 1. The normalized spacial score (nSPS) is 22.3. The maximum Gasteiger partial charge on any atom is 0.392 e. The van der Waals surface area contributed by atoms with Gasteiger partial charge in [0, 0.05) is 35.3 Å². The standard InChI is InChI=1S/C17H17F3N6OS/c1-26(22)14-11(21)2-8(6-24-14)13-23-7-9-3-12(28-15(9)25-13)16(27)4-10(5-16)17(18,19)20/h2-3,6-7,10,27H,4-5,21-22H2,1H3. The lowest BCUT2D eigenvalue weighted by Gasteiger charge is -2.43. The molecule has 3 aromatic heterocycles. The minimum atomic E-state index is -4.29. The van der Waals surface area contributed by atoms with Crippen LogP contribution in [0.25, 0.3) is 21.6 Å². The predicted molar refractivity (Wildman–Crippen MR) is 100 cm³/mol. The Bertz CT molecular complexity index is 1050. The first-order chi connectivity index (χ1) is 13.1. The van der Waals surface area contributed by atoms with Crippen molar-refractivity contribution in [3.05, 3.63) is 29.4 Å². The number of fused-ring (bicyclic) bond motifs is 1. The highest BCUT2D eigenvalue weighted by molar-refractivity contribution is 7.18. The average Bonchev–Trinajstić information content (AvgIpc) is 3.01. The van der Waals surface area contributed by atoms with E-state index in [4.69, 9.17) is 11.6 Å². The van der Waals surface area contributed by atoms with Gasteiger partial charge in [0.2, 0.25) is 0 Å². The largest absolute Gasteiger partial charge is 0.396 e. The molecule has 3 aromatic rings. The van der Waals surface area contributed by atoms with E-state index in [1.165, 1.54) is 22.5 Å². The molecule has 0 aliphatic heterocycles. The van der Waals surface area contributed by atoms with Crippen molar-refractivity contribution < 1.29 is 18.3 Å². The third-order valence-corrected chi connectivity index (χ3v) is 6.09. The summed E-state index contributed by atoms with van der Waals surface area (Å²) in [4.78, 5) is 14.0. The van der Waals surface area contributed by atoms with E-state index in [9.17, 15) is 18.3 Å². The first kappa shape index (κ1) is 18.8. The SMILES string of the molecule is CN(N)c1ncc(-c2ncc3cc(C4(O)CC(C(F)(F)F)C4)sc3n2)cc1N. The highest BCUT2D eigenvalue weighted by Crippen LogP contribution is 2.54. The summed E-state index contributed by atoms with van der Waals surface area (Å²) in [6, 6.07) is 3.30. The number of nitrogen functional groups attached to an aromatic ring is 1. The second-order valence-corrected chi connectivity index (χ2v) is 8.02. The molecule has 0 spiro atoms. The zero-order valence-electron chi connectivity index (χ0n) is 14.7. The summed E-state index contributed by atoms with van der Waals surface area (Å²) in [5.74, 6) is 4.96. The third kappa shape index (κ3) is 3.15. The molecule has 148 valence electrons. The minimum Gasteiger partial charge on any atom is -0.396 e. The summed E-state index contributed by atoms with van der Waals surface area (Å²) in [6.07, 6.45) is -1.85. The molecule has 0 radical (unpaired) electrons. The molecule has 3 heterocycles. The van der Waals surface area contributed by atoms with Crippen molar-refractivity contribution in [1.29, 1.82) is 0 Å². The fourth-order valence-corrected chi connectivity index (χ4v) is 4.39. The molecule has 1 aliphatic carbocycles. The summed E-state index contributed by atoms with van der Waals surface area (Å²) in [7, 11) is 1.61. The fourth-order valence-electron chi connectivity index (χ4n) is 3.28. The maximum atomic E-state index is 12.8. The number of nitrogens with zero attached hydrogens (tertiary/aromatic N) is 4. The number of aromatic nitrogens is 3. The van der Waals surface area contributed by atoms with Crippen LogP contribution in [0.2, 0.25) is 0 Å². The molecule has 0 bridgehead atoms. The van der Waals surface area contributed by atoms with Gasteiger partial charge in [-0.15, -0.1) is 11.3 Å². The molecule has 11 heteroatoms. The van der Waals surface area contributed by atoms with Gasteiger partial charge in [-0.1, -0.05) is 0 Å². The summed E-state index contributed by atoms with van der Waals surface area (Å²) < 4.78 is 38.3. The van der Waals surface area contributed by atoms with Crippen LogP contribution in [0.5, 0.6) is 0 Å². The maximum absolute atomic E-state index is 12.8. The second kappa shape index (κ2) is 6.26. The molecule has 28 heavy (non-hydrogen) atoms. The van der Waals surface area contributed by atoms with Crippen molar-refractivity contribution in [2.24, 2.45) is 11.8 Å². The monoisotopic (exact) mass is 410 g/mol. The third-order valence-electron chi connectivity index (χ3n) is 4.85. The van der Waals surface area contributed by atoms with E-state index < -0.39 is 17.7 Å². The van der Waals surface area contributed by atoms with E-state index in [2.05, 4.69) is 15.0 Å². The van der Waals surface area contributed by atoms with Crippen molar-refractivity contribution in [1.82, 2.24) is 15.0 Å². The van der Waals surface area contributed by atoms with Gasteiger partial charge in [-0.2, -0.15) is 13.2 Å². The quantitative estimate of drug-likeness (QED) is 0.449. The summed E-state index contributed by atoms with van der Waals surface area (Å²) in [5, 5.41) is 12.5. The zero-order chi connectivity index (χ0) is 20.3. The van der Waals surface area contributed by atoms with Crippen LogP contribution < -0.4 is 16.6 Å². The summed E-state index contributed by atoms with van der Waals surface area (Å²) in [6.45, 7) is 0. The van der Waals surface area contributed by atoms with E-state index in [0.717, 1.165) is 0 Å². The Morgan fingerprint density at radius 2 is 1.96 bits per heavy atom. The molecule has 4 rings (SSSR count). The molecule has 1 fully saturated rings. The number of pyridine rings is 1. The molecule has 0 atom stereocenters. The second-order valence-electron chi connectivity index (χ2n) is 6.99. The van der Waals surface area contributed by atoms with Gasteiger partial charge < -0.3 is 10.8 Å². The molecular formula is C17H17F3N6OS. The fraction of sp³-hybridized carbons (Fsp3) is 0.353. The van der Waals surface area contributed by atoms with Crippen LogP contribution in [-0.2, 0) is 5.60 Å². The molecule has 1 aliphatic rings. The van der Waals surface area contributed by atoms with Crippen molar-refractivity contribution in [2.45, 2.75) is 24.6 Å². The molecule has 0 amide bonds. The molecule has 0 saturated heterocycles. The van der Waals surface area contributed by atoms with Crippen LogP contribution in [0, 0.1) is 5.92 Å². The van der Waals surface area contributed by atoms with Crippen LogP contribution in [0.4, 0.5) is 24.7 Å². The highest BCUT2D eigenvalue weighted by atomic mass is 32.1. The van der Waals surface area contributed by atoms with E-state index >= 15 is 0 Å². The van der Waals surface area contributed by atoms with Gasteiger partial charge in [0.05, 0.1) is 11.6 Å². The van der Waals surface area contributed by atoms with Gasteiger partial charge in [0.25, 0.3) is 0 Å². The van der Waals surface area contributed by atoms with Gasteiger partial charge in [-0.05, 0) is 25.0 Å². The van der Waals surface area contributed by atoms with E-state index in [0.29, 0.717) is 38.0 Å². The van der Waals surface area contributed by atoms with E-state index in [1.807, 2.05) is 0 Å². The topological polar surface area (TPSA) is 114 Å². The number of aliphatic hydroxyl groups is 1. The first-order valence-corrected chi connectivity index (χ1v) is 9.19. The Kier molecular flexibility index (Phi) is 4.21. The lowest BCUT2D eigenvalue weighted by molar-refractivity contribution is -0.241. The molecule has 1 saturated carbocycles. The summed E-state index contributed by atoms with van der Waals surface area (Å²) in [5.41, 5.74) is 5.42. The molecule has 0 aromatic carbocycles. The van der Waals surface area contributed by atoms with Crippen LogP contribution >= 0.6 is 11.3 Å². The average molecular weight is 410 g/mol. The summed E-state index contributed by atoms with van der Waals surface area (Å²) >= 11 is 1.17. The Morgan fingerprint density at radius 1 is 1.25 bits per heavy atom. The number of hydrazine groups is 1. The van der Waals surface area contributed by atoms with Crippen LogP contribution in [-0.4, -0.2) is 33.3 Å². The number of halogens is 3. The molecule has 0 unspecified atom stereocenters. The van der Waals surface area contributed by atoms with Gasteiger partial charge >= 0.3 is 6.18 Å². The van der Waals surface area contributed by atoms with Crippen molar-refractivity contribution in [2.75, 3.05) is 17.8 Å². The van der Waals surface area contributed by atoms with Gasteiger partial charge in [-0.3, -0.25) is 5.01 Å². The minimum absolute atomic E-state index is 0.335. The first-order valence-electron chi connectivity index (χ1n) is 8.37. The van der Waals surface area contributed by atoms with Crippen molar-refractivity contribution in [3.63, 3.8) is 0 Å². The van der Waals surface area contributed by atoms with E-state index in [1.54, 1.807) is 25.4 Å². The zero-order valence-corrected chi connectivity index (χ0v) is 15.6. The van der Waals surface area contributed by atoms with Gasteiger partial charge in [0.15, 0.2) is 11.6 Å². The lowest BCUT2D eigenvalue weighted by atomic mass is 9.70. The van der Waals surface area contributed by atoms with Crippen LogP contribution in [0.3, 0.4) is 0 Å². The smallest absolute Gasteiger partial charge is 0.392 e. The molecule has 7 nitrogen and oxygen atoms in total. The van der Waals surface area contributed by atoms with Crippen LogP contribution in [0.15, 0.2) is 24.5 Å².